The first kappa shape index (κ1) is 54.7. The number of rotatable bonds is 17. The van der Waals surface area contributed by atoms with Gasteiger partial charge < -0.3 is 62.7 Å². The number of nitrogens with zero attached hydrogens (tertiary/aromatic N) is 1. The van der Waals surface area contributed by atoms with Crippen molar-refractivity contribution in [2.75, 3.05) is 26.2 Å². The van der Waals surface area contributed by atoms with Crippen LogP contribution in [0.5, 0.6) is 5.75 Å². The lowest BCUT2D eigenvalue weighted by atomic mass is 9.99. The lowest BCUT2D eigenvalue weighted by molar-refractivity contribution is -0.143. The highest BCUT2D eigenvalue weighted by Crippen LogP contribution is 2.26. The molecule has 3 heterocycles. The van der Waals surface area contributed by atoms with Gasteiger partial charge in [0.05, 0.1) is 6.54 Å². The van der Waals surface area contributed by atoms with Gasteiger partial charge in [-0.1, -0.05) is 121 Å². The number of fused-ring (bicyclic) bond motifs is 2. The van der Waals surface area contributed by atoms with E-state index in [-0.39, 0.29) is 51.7 Å². The van der Waals surface area contributed by atoms with Gasteiger partial charge in [0.2, 0.25) is 35.4 Å². The van der Waals surface area contributed by atoms with Crippen LogP contribution < -0.4 is 48.1 Å². The third-order valence-electron chi connectivity index (χ3n) is 13.7. The zero-order chi connectivity index (χ0) is 54.1. The van der Waals surface area contributed by atoms with Gasteiger partial charge in [-0.2, -0.15) is 0 Å². The van der Waals surface area contributed by atoms with Crippen LogP contribution in [0.2, 0.25) is 0 Å². The number of carbonyl (C=O) groups is 7. The smallest absolute Gasteiger partial charge is 0.407 e. The van der Waals surface area contributed by atoms with Crippen molar-refractivity contribution in [3.63, 3.8) is 0 Å². The third kappa shape index (κ3) is 14.9. The number of amides is 7. The number of aromatic nitrogens is 1. The summed E-state index contributed by atoms with van der Waals surface area (Å²) in [4.78, 5) is 107. The average molecular weight is 1050 g/mol. The van der Waals surface area contributed by atoms with E-state index < -0.39 is 83.9 Å². The maximum absolute atomic E-state index is 15.3. The summed E-state index contributed by atoms with van der Waals surface area (Å²) in [6.07, 6.45) is 0.652. The van der Waals surface area contributed by atoms with Gasteiger partial charge in [0, 0.05) is 55.9 Å². The van der Waals surface area contributed by atoms with Crippen molar-refractivity contribution in [1.29, 1.82) is 0 Å². The Hall–Kier alpha value is -8.55. The molecule has 8 rings (SSSR count). The van der Waals surface area contributed by atoms with Gasteiger partial charge in [0.15, 0.2) is 0 Å². The Morgan fingerprint density at radius 2 is 1.17 bits per heavy atom. The molecule has 2 aliphatic heterocycles. The van der Waals surface area contributed by atoms with E-state index in [1.54, 1.807) is 85.1 Å². The van der Waals surface area contributed by atoms with E-state index in [9.17, 15) is 24.0 Å². The zero-order valence-electron chi connectivity index (χ0n) is 42.7. The Labute approximate surface area is 446 Å². The molecule has 6 aromatic rings. The van der Waals surface area contributed by atoms with Gasteiger partial charge in [-0.3, -0.25) is 28.8 Å². The molecule has 2 saturated heterocycles. The molecule has 7 amide bonds. The van der Waals surface area contributed by atoms with E-state index in [2.05, 4.69) is 36.9 Å². The Bertz CT molecular complexity index is 2960. The van der Waals surface area contributed by atoms with E-state index in [1.165, 1.54) is 4.90 Å². The Balaban J connectivity index is 1.19. The van der Waals surface area contributed by atoms with Crippen LogP contribution in [-0.2, 0) is 59.4 Å². The first-order valence-electron chi connectivity index (χ1n) is 26.0. The van der Waals surface area contributed by atoms with E-state index in [0.29, 0.717) is 54.0 Å². The van der Waals surface area contributed by atoms with Crippen molar-refractivity contribution in [3.05, 3.63) is 174 Å². The molecule has 11 N–H and O–H groups in total. The zero-order valence-corrected chi connectivity index (χ0v) is 42.7. The number of hydrogen-bond acceptors (Lipinski definition) is 11. The normalized spacial score (nSPS) is 21.6. The van der Waals surface area contributed by atoms with Crippen molar-refractivity contribution in [2.24, 2.45) is 11.5 Å². The van der Waals surface area contributed by atoms with Crippen LogP contribution in [0, 0.1) is 0 Å². The Morgan fingerprint density at radius 1 is 0.584 bits per heavy atom. The molecular weight excluding hydrogens is 981 g/mol. The van der Waals surface area contributed by atoms with Crippen LogP contribution in [0.1, 0.15) is 59.5 Å². The lowest BCUT2D eigenvalue weighted by Gasteiger charge is -2.32. The number of para-hydroxylation sites is 1. The molecule has 1 aromatic heterocycles. The molecule has 7 atom stereocenters. The number of H-pyrrole nitrogens is 1. The summed E-state index contributed by atoms with van der Waals surface area (Å²) in [5, 5.41) is 17.9. The summed E-state index contributed by atoms with van der Waals surface area (Å²) in [6.45, 7) is 0.617. The molecule has 5 aromatic carbocycles. The minimum absolute atomic E-state index is 0.0385. The minimum Gasteiger partial charge on any atom is -0.489 e. The number of unbranched alkanes of at least 4 members (excludes halogenated alkanes) is 1. The SMILES string of the molecule is NCCCC[C@@H]1NC(=O)[C@H](Cc2c[nH]c3ccccc23)NC(=O)[C@H](c2ccccc2)NC(=O)C2C[C@H](OC(=O)NCCN)CN2C(=O)[C@H](Cc2ccccc2)NC(=O)[C@H](Cc2ccc(OCc3ccccc3)cc2)NC1=O. The van der Waals surface area contributed by atoms with E-state index in [4.69, 9.17) is 20.9 Å². The van der Waals surface area contributed by atoms with Crippen LogP contribution in [0.25, 0.3) is 10.9 Å². The first-order valence-corrected chi connectivity index (χ1v) is 26.0. The number of nitrogens with one attached hydrogen (secondary N) is 7. The molecular formula is C58H66N10O9. The number of carbonyl (C=O) groups excluding carboxylic acids is 7. The molecule has 0 spiro atoms. The number of benzene rings is 5. The van der Waals surface area contributed by atoms with Gasteiger partial charge in [0.1, 0.15) is 54.7 Å². The molecule has 19 nitrogen and oxygen atoms in total. The maximum Gasteiger partial charge on any atom is 0.407 e. The highest BCUT2D eigenvalue weighted by atomic mass is 16.6. The third-order valence-corrected chi connectivity index (χ3v) is 13.7. The number of hydrogen-bond donors (Lipinski definition) is 9. The van der Waals surface area contributed by atoms with Crippen molar-refractivity contribution >= 4 is 52.4 Å². The molecule has 0 saturated carbocycles. The second-order valence-corrected chi connectivity index (χ2v) is 19.2. The van der Waals surface area contributed by atoms with Crippen LogP contribution in [0.4, 0.5) is 4.79 Å². The number of ether oxygens (including phenoxy) is 2. The Morgan fingerprint density at radius 3 is 1.87 bits per heavy atom. The molecule has 402 valence electrons. The monoisotopic (exact) mass is 1050 g/mol. The van der Waals surface area contributed by atoms with Crippen LogP contribution >= 0.6 is 0 Å². The lowest BCUT2D eigenvalue weighted by Crippen LogP contribution is -2.61. The molecule has 2 fully saturated rings. The van der Waals surface area contributed by atoms with Gasteiger partial charge in [-0.05, 0) is 71.8 Å². The minimum atomic E-state index is -1.42. The number of alkyl carbamates (subject to hydrolysis) is 1. The van der Waals surface area contributed by atoms with E-state index in [0.717, 1.165) is 16.5 Å². The summed E-state index contributed by atoms with van der Waals surface area (Å²) in [5.74, 6) is -3.76. The summed E-state index contributed by atoms with van der Waals surface area (Å²) in [5.41, 5.74) is 15.7. The highest BCUT2D eigenvalue weighted by molar-refractivity contribution is 5.99. The standard InChI is InChI=1S/C58H66N10O9/c59-27-13-12-22-46-52(69)64-47(30-38-23-25-42(26-24-38)76-36-39-16-6-2-7-17-39)53(70)66-49(31-37-14-4-1-5-15-37)57(74)68-35-43(77-58(75)61-29-28-60)33-50(68)55(72)67-51(40-18-8-3-9-19-40)56(73)65-48(54(71)63-46)32-41-34-62-45-21-11-10-20-44(41)45/h1-11,14-21,23-26,34,43,46-51,62H,12-13,22,27-33,35-36,59-60H2,(H,61,75)(H,63,71)(H,64,69)(H,65,73)(H,66,70)(H,67,72)/t43-,46-,47-,48-,49-,50?,51-/m0/s1. The predicted octanol–water partition coefficient (Wildman–Crippen LogP) is 3.37. The fraction of sp³-hybridized carbons (Fsp3) is 0.328. The van der Waals surface area contributed by atoms with Crippen molar-refractivity contribution in [1.82, 2.24) is 41.8 Å². The fourth-order valence-electron chi connectivity index (χ4n) is 9.65. The van der Waals surface area contributed by atoms with Gasteiger partial charge in [-0.25, -0.2) is 4.79 Å². The summed E-state index contributed by atoms with van der Waals surface area (Å²) in [7, 11) is 0. The number of nitrogens with two attached hydrogens (primary N) is 2. The molecule has 77 heavy (non-hydrogen) atoms. The molecule has 0 aliphatic carbocycles. The topological polar surface area (TPSA) is 281 Å². The van der Waals surface area contributed by atoms with Crippen molar-refractivity contribution in [2.45, 2.75) is 93.9 Å². The van der Waals surface area contributed by atoms with Crippen LogP contribution in [0.15, 0.2) is 146 Å². The number of aromatic amines is 1. The van der Waals surface area contributed by atoms with Crippen molar-refractivity contribution < 1.29 is 43.0 Å². The molecule has 0 bridgehead atoms. The summed E-state index contributed by atoms with van der Waals surface area (Å²) >= 11 is 0. The molecule has 2 aliphatic rings. The molecule has 19 heteroatoms. The average Bonchev–Trinajstić information content (AvgIpc) is 4.08. The largest absolute Gasteiger partial charge is 0.489 e. The van der Waals surface area contributed by atoms with Crippen molar-refractivity contribution in [3.8, 4) is 5.75 Å². The highest BCUT2D eigenvalue weighted by Gasteiger charge is 2.45. The quantitative estimate of drug-likeness (QED) is 0.0598. The maximum atomic E-state index is 15.3. The summed E-state index contributed by atoms with van der Waals surface area (Å²) < 4.78 is 11.8. The first-order chi connectivity index (χ1) is 37.5. The van der Waals surface area contributed by atoms with Gasteiger partial charge >= 0.3 is 6.09 Å². The van der Waals surface area contributed by atoms with Gasteiger partial charge in [-0.15, -0.1) is 0 Å². The second-order valence-electron chi connectivity index (χ2n) is 19.2. The second kappa shape index (κ2) is 26.8. The van der Waals surface area contributed by atoms with Crippen LogP contribution in [0.3, 0.4) is 0 Å². The van der Waals surface area contributed by atoms with Crippen LogP contribution in [-0.4, -0.2) is 114 Å². The van der Waals surface area contributed by atoms with Gasteiger partial charge in [0.25, 0.3) is 0 Å². The fourth-order valence-corrected chi connectivity index (χ4v) is 9.65. The van der Waals surface area contributed by atoms with E-state index in [1.807, 2.05) is 60.7 Å². The summed E-state index contributed by atoms with van der Waals surface area (Å²) in [6, 6.07) is 33.6. The predicted molar refractivity (Wildman–Crippen MR) is 288 cm³/mol. The Kier molecular flexibility index (Phi) is 19.0. The van der Waals surface area contributed by atoms with E-state index >= 15 is 9.59 Å². The molecule has 1 unspecified atom stereocenters. The molecule has 0 radical (unpaired) electrons.